The molecule has 1 saturated heterocycles. The number of nitrogens with zero attached hydrogens (tertiary/aromatic N) is 3. The van der Waals surface area contributed by atoms with Crippen molar-refractivity contribution in [2.75, 3.05) is 31.1 Å². The van der Waals surface area contributed by atoms with Gasteiger partial charge in [0, 0.05) is 48.0 Å². The smallest absolute Gasteiger partial charge is 0.264 e. The summed E-state index contributed by atoms with van der Waals surface area (Å²) in [6.07, 6.45) is 1.52. The molecule has 30 heavy (non-hydrogen) atoms. The van der Waals surface area contributed by atoms with Crippen molar-refractivity contribution in [1.82, 2.24) is 4.90 Å². The molecule has 2 aromatic carbocycles. The Labute approximate surface area is 184 Å². The zero-order valence-corrected chi connectivity index (χ0v) is 17.9. The lowest BCUT2D eigenvalue weighted by Crippen LogP contribution is -2.49. The Hall–Kier alpha value is -3.30. The molecule has 4 rings (SSSR count). The molecule has 3 aromatic rings. The normalized spacial score (nSPS) is 14.5. The minimum Gasteiger partial charge on any atom is -0.457 e. The molecule has 0 spiro atoms. The second kappa shape index (κ2) is 9.02. The molecule has 1 aromatic heterocycles. The van der Waals surface area contributed by atoms with Crippen LogP contribution in [-0.2, 0) is 4.79 Å². The molecule has 2 heterocycles. The second-order valence-electron chi connectivity index (χ2n) is 6.99. The third-order valence-electron chi connectivity index (χ3n) is 5.08. The Kier molecular flexibility index (Phi) is 6.01. The summed E-state index contributed by atoms with van der Waals surface area (Å²) in [6, 6.07) is 23.6. The van der Waals surface area contributed by atoms with E-state index in [0.717, 1.165) is 28.8 Å². The van der Waals surface area contributed by atoms with E-state index >= 15 is 0 Å². The number of anilines is 1. The largest absolute Gasteiger partial charge is 0.457 e. The van der Waals surface area contributed by atoms with Gasteiger partial charge in [0.2, 0.25) is 0 Å². The van der Waals surface area contributed by atoms with E-state index in [0.29, 0.717) is 24.6 Å². The van der Waals surface area contributed by atoms with Gasteiger partial charge in [-0.05, 0) is 36.4 Å². The number of piperazine rings is 1. The van der Waals surface area contributed by atoms with Gasteiger partial charge in [-0.15, -0.1) is 0 Å². The third kappa shape index (κ3) is 4.47. The predicted octanol–water partition coefficient (Wildman–Crippen LogP) is 4.96. The Morgan fingerprint density at radius 1 is 0.967 bits per heavy atom. The Morgan fingerprint density at radius 2 is 1.67 bits per heavy atom. The van der Waals surface area contributed by atoms with Gasteiger partial charge in [0.25, 0.3) is 5.91 Å². The fraction of sp³-hybridized carbons (Fsp3) is 0.167. The molecular weight excluding hydrogens is 442 g/mol. The van der Waals surface area contributed by atoms with E-state index in [1.807, 2.05) is 54.6 Å². The predicted molar refractivity (Wildman–Crippen MR) is 121 cm³/mol. The number of benzene rings is 2. The molecule has 0 N–H and O–H groups in total. The molecule has 6 heteroatoms. The van der Waals surface area contributed by atoms with Crippen molar-refractivity contribution in [3.8, 4) is 17.4 Å². The summed E-state index contributed by atoms with van der Waals surface area (Å²) in [5, 5.41) is 9.55. The maximum absolute atomic E-state index is 12.9. The fourth-order valence-corrected chi connectivity index (χ4v) is 3.73. The average molecular weight is 462 g/mol. The van der Waals surface area contributed by atoms with E-state index in [2.05, 4.69) is 33.0 Å². The summed E-state index contributed by atoms with van der Waals surface area (Å²) in [4.78, 5) is 16.8. The van der Waals surface area contributed by atoms with Crippen molar-refractivity contribution in [2.24, 2.45) is 0 Å². The van der Waals surface area contributed by atoms with E-state index in [4.69, 9.17) is 4.42 Å². The first-order valence-electron chi connectivity index (χ1n) is 9.71. The quantitative estimate of drug-likeness (QED) is 0.406. The van der Waals surface area contributed by atoms with Gasteiger partial charge in [-0.25, -0.2) is 0 Å². The molecule has 0 atom stereocenters. The Bertz CT molecular complexity index is 1090. The van der Waals surface area contributed by atoms with Crippen LogP contribution in [0.4, 0.5) is 5.69 Å². The van der Waals surface area contributed by atoms with E-state index in [1.165, 1.54) is 6.08 Å². The van der Waals surface area contributed by atoms with Crippen LogP contribution in [0.3, 0.4) is 0 Å². The lowest BCUT2D eigenvalue weighted by molar-refractivity contribution is -0.126. The second-order valence-corrected chi connectivity index (χ2v) is 7.91. The van der Waals surface area contributed by atoms with Gasteiger partial charge in [0.1, 0.15) is 23.2 Å². The molecule has 5 nitrogen and oxygen atoms in total. The number of hydrogen-bond donors (Lipinski definition) is 0. The summed E-state index contributed by atoms with van der Waals surface area (Å²) in [7, 11) is 0. The number of carbonyl (C=O) groups excluding carboxylic acids is 1. The van der Waals surface area contributed by atoms with Gasteiger partial charge < -0.3 is 14.2 Å². The lowest BCUT2D eigenvalue weighted by Gasteiger charge is -2.36. The first-order chi connectivity index (χ1) is 14.6. The van der Waals surface area contributed by atoms with Gasteiger partial charge in [0.15, 0.2) is 0 Å². The molecule has 150 valence electrons. The van der Waals surface area contributed by atoms with Crippen LogP contribution in [0, 0.1) is 11.3 Å². The first kappa shape index (κ1) is 20.0. The number of carbonyl (C=O) groups is 1. The van der Waals surface area contributed by atoms with Crippen molar-refractivity contribution in [3.05, 3.63) is 82.5 Å². The summed E-state index contributed by atoms with van der Waals surface area (Å²) in [5.74, 6) is 0.919. The van der Waals surface area contributed by atoms with Crippen LogP contribution in [0.15, 0.2) is 81.2 Å². The fourth-order valence-electron chi connectivity index (χ4n) is 3.46. The highest BCUT2D eigenvalue weighted by Crippen LogP contribution is 2.25. The lowest BCUT2D eigenvalue weighted by atomic mass is 10.1. The number of para-hydroxylation sites is 1. The van der Waals surface area contributed by atoms with Gasteiger partial charge in [-0.2, -0.15) is 5.26 Å². The van der Waals surface area contributed by atoms with Crippen LogP contribution in [-0.4, -0.2) is 37.0 Å². The maximum atomic E-state index is 12.9. The molecule has 1 amide bonds. The van der Waals surface area contributed by atoms with Crippen LogP contribution in [0.5, 0.6) is 0 Å². The van der Waals surface area contributed by atoms with Gasteiger partial charge >= 0.3 is 0 Å². The molecule has 0 radical (unpaired) electrons. The Morgan fingerprint density at radius 3 is 2.33 bits per heavy atom. The average Bonchev–Trinajstić information content (AvgIpc) is 3.27. The van der Waals surface area contributed by atoms with E-state index in [-0.39, 0.29) is 11.5 Å². The zero-order chi connectivity index (χ0) is 20.9. The molecule has 1 aliphatic heterocycles. The highest BCUT2D eigenvalue weighted by atomic mass is 79.9. The molecule has 0 aliphatic carbocycles. The van der Waals surface area contributed by atoms with Crippen molar-refractivity contribution >= 4 is 33.6 Å². The van der Waals surface area contributed by atoms with Crippen LogP contribution >= 0.6 is 15.9 Å². The van der Waals surface area contributed by atoms with E-state index in [1.54, 1.807) is 11.0 Å². The summed E-state index contributed by atoms with van der Waals surface area (Å²) in [6.45, 7) is 2.63. The Balaban J connectivity index is 1.44. The molecule has 0 unspecified atom stereocenters. The highest BCUT2D eigenvalue weighted by Gasteiger charge is 2.24. The maximum Gasteiger partial charge on any atom is 0.264 e. The van der Waals surface area contributed by atoms with Crippen molar-refractivity contribution in [3.63, 3.8) is 0 Å². The number of rotatable bonds is 4. The number of halogens is 1. The number of furan rings is 1. The molecule has 0 saturated carbocycles. The topological polar surface area (TPSA) is 60.5 Å². The summed E-state index contributed by atoms with van der Waals surface area (Å²) >= 11 is 3.41. The molecule has 1 fully saturated rings. The van der Waals surface area contributed by atoms with Gasteiger partial charge in [-0.3, -0.25) is 4.79 Å². The van der Waals surface area contributed by atoms with Crippen molar-refractivity contribution in [2.45, 2.75) is 0 Å². The van der Waals surface area contributed by atoms with E-state index in [9.17, 15) is 10.1 Å². The first-order valence-corrected chi connectivity index (χ1v) is 10.5. The van der Waals surface area contributed by atoms with Crippen LogP contribution in [0.25, 0.3) is 17.4 Å². The van der Waals surface area contributed by atoms with Crippen LogP contribution in [0.2, 0.25) is 0 Å². The molecule has 1 aliphatic rings. The SMILES string of the molecule is N#C/C(=C\c1ccc(-c2ccc(Br)cc2)o1)C(=O)N1CCN(c2ccccc2)CC1. The monoisotopic (exact) mass is 461 g/mol. The minimum absolute atomic E-state index is 0.0832. The standard InChI is InChI=1S/C24H20BrN3O2/c25-20-8-6-18(7-9-20)23-11-10-22(30-23)16-19(17-26)24(29)28-14-12-27(13-15-28)21-4-2-1-3-5-21/h1-11,16H,12-15H2/b19-16+. The van der Waals surface area contributed by atoms with E-state index < -0.39 is 0 Å². The van der Waals surface area contributed by atoms with Crippen molar-refractivity contribution in [1.29, 1.82) is 5.26 Å². The molecule has 0 bridgehead atoms. The summed E-state index contributed by atoms with van der Waals surface area (Å²) in [5.41, 5.74) is 2.16. The number of nitriles is 1. The third-order valence-corrected chi connectivity index (χ3v) is 5.61. The van der Waals surface area contributed by atoms with Crippen LogP contribution in [0.1, 0.15) is 5.76 Å². The number of amides is 1. The number of hydrogen-bond acceptors (Lipinski definition) is 4. The minimum atomic E-state index is -0.258. The molecular formula is C24H20BrN3O2. The zero-order valence-electron chi connectivity index (χ0n) is 16.3. The van der Waals surface area contributed by atoms with Gasteiger partial charge in [-0.1, -0.05) is 46.3 Å². The highest BCUT2D eigenvalue weighted by molar-refractivity contribution is 9.10. The van der Waals surface area contributed by atoms with Gasteiger partial charge in [0.05, 0.1) is 0 Å². The van der Waals surface area contributed by atoms with Crippen molar-refractivity contribution < 1.29 is 9.21 Å². The summed E-state index contributed by atoms with van der Waals surface area (Å²) < 4.78 is 6.82. The van der Waals surface area contributed by atoms with Crippen LogP contribution < -0.4 is 4.90 Å².